The Bertz CT molecular complexity index is 606. The molecule has 0 bridgehead atoms. The lowest BCUT2D eigenvalue weighted by molar-refractivity contribution is -0.143. The first-order valence-electron chi connectivity index (χ1n) is 8.04. The lowest BCUT2D eigenvalue weighted by Crippen LogP contribution is -2.45. The van der Waals surface area contributed by atoms with Gasteiger partial charge in [0.05, 0.1) is 17.6 Å². The average Bonchev–Trinajstić information content (AvgIpc) is 2.93. The number of hydrogen-bond acceptors (Lipinski definition) is 2. The number of likely N-dealkylation sites (tertiary alicyclic amines) is 1. The summed E-state index contributed by atoms with van der Waals surface area (Å²) in [6, 6.07) is 4.69. The van der Waals surface area contributed by atoms with E-state index in [0.29, 0.717) is 42.1 Å². The molecule has 1 heterocycles. The van der Waals surface area contributed by atoms with Crippen molar-refractivity contribution < 1.29 is 17.6 Å². The third-order valence-electron chi connectivity index (χ3n) is 3.76. The van der Waals surface area contributed by atoms with Gasteiger partial charge >= 0.3 is 6.18 Å². The Morgan fingerprint density at radius 2 is 2.16 bits per heavy atom. The number of halogens is 5. The van der Waals surface area contributed by atoms with Gasteiger partial charge in [-0.3, -0.25) is 4.90 Å². The van der Waals surface area contributed by atoms with Gasteiger partial charge in [-0.05, 0) is 47.0 Å². The van der Waals surface area contributed by atoms with Crippen molar-refractivity contribution in [3.8, 4) is 0 Å². The van der Waals surface area contributed by atoms with Gasteiger partial charge in [-0.2, -0.15) is 13.2 Å². The second-order valence-electron chi connectivity index (χ2n) is 5.92. The third-order valence-corrected chi connectivity index (χ3v) is 4.41. The summed E-state index contributed by atoms with van der Waals surface area (Å²) >= 11 is 3.10. The molecule has 1 unspecified atom stereocenters. The molecule has 1 aromatic rings. The number of guanidine groups is 1. The second-order valence-corrected chi connectivity index (χ2v) is 6.78. The van der Waals surface area contributed by atoms with Gasteiger partial charge in [-0.1, -0.05) is 6.07 Å². The molecule has 1 fully saturated rings. The van der Waals surface area contributed by atoms with E-state index >= 15 is 0 Å². The van der Waals surface area contributed by atoms with Crippen LogP contribution in [0.25, 0.3) is 0 Å². The molecule has 1 atom stereocenters. The van der Waals surface area contributed by atoms with Gasteiger partial charge in [0.1, 0.15) is 5.82 Å². The van der Waals surface area contributed by atoms with Crippen LogP contribution in [0, 0.1) is 5.82 Å². The maximum atomic E-state index is 13.5. The molecular formula is C16H21BrF4N4. The summed E-state index contributed by atoms with van der Waals surface area (Å²) in [5, 5.41) is 6.22. The average molecular weight is 425 g/mol. The van der Waals surface area contributed by atoms with Crippen molar-refractivity contribution in [1.29, 1.82) is 0 Å². The first kappa shape index (κ1) is 20.0. The van der Waals surface area contributed by atoms with Crippen molar-refractivity contribution in [2.45, 2.75) is 32.1 Å². The maximum Gasteiger partial charge on any atom is 0.401 e. The zero-order valence-corrected chi connectivity index (χ0v) is 15.4. The van der Waals surface area contributed by atoms with E-state index in [1.807, 2.05) is 6.92 Å². The molecule has 25 heavy (non-hydrogen) atoms. The fraction of sp³-hybridized carbons (Fsp3) is 0.562. The van der Waals surface area contributed by atoms with Crippen LogP contribution in [-0.2, 0) is 6.54 Å². The summed E-state index contributed by atoms with van der Waals surface area (Å²) < 4.78 is 51.3. The monoisotopic (exact) mass is 424 g/mol. The third kappa shape index (κ3) is 6.81. The van der Waals surface area contributed by atoms with Gasteiger partial charge in [0, 0.05) is 25.7 Å². The fourth-order valence-corrected chi connectivity index (χ4v) is 2.92. The number of rotatable bonds is 5. The van der Waals surface area contributed by atoms with Crippen molar-refractivity contribution in [3.63, 3.8) is 0 Å². The molecule has 0 aromatic heterocycles. The van der Waals surface area contributed by atoms with Gasteiger partial charge in [0.15, 0.2) is 5.96 Å². The molecule has 2 N–H and O–H groups in total. The zero-order chi connectivity index (χ0) is 18.4. The number of benzene rings is 1. The van der Waals surface area contributed by atoms with Gasteiger partial charge in [0.25, 0.3) is 0 Å². The number of hydrogen-bond donors (Lipinski definition) is 2. The largest absolute Gasteiger partial charge is 0.401 e. The van der Waals surface area contributed by atoms with E-state index in [-0.39, 0.29) is 18.4 Å². The van der Waals surface area contributed by atoms with E-state index in [9.17, 15) is 17.6 Å². The molecule has 0 spiro atoms. The minimum absolute atomic E-state index is 0.0956. The van der Waals surface area contributed by atoms with Crippen molar-refractivity contribution in [1.82, 2.24) is 15.5 Å². The van der Waals surface area contributed by atoms with E-state index in [1.165, 1.54) is 11.0 Å². The highest BCUT2D eigenvalue weighted by molar-refractivity contribution is 9.10. The Labute approximate surface area is 152 Å². The number of nitrogens with one attached hydrogen (secondary N) is 2. The van der Waals surface area contributed by atoms with Gasteiger partial charge in [-0.25, -0.2) is 9.38 Å². The van der Waals surface area contributed by atoms with Crippen molar-refractivity contribution in [3.05, 3.63) is 34.1 Å². The lowest BCUT2D eigenvalue weighted by Gasteiger charge is -2.19. The lowest BCUT2D eigenvalue weighted by atomic mass is 10.2. The first-order valence-corrected chi connectivity index (χ1v) is 8.84. The summed E-state index contributed by atoms with van der Waals surface area (Å²) in [5.41, 5.74) is 0.711. The number of alkyl halides is 3. The van der Waals surface area contributed by atoms with Crippen LogP contribution in [-0.4, -0.2) is 49.3 Å². The molecule has 0 aliphatic carbocycles. The fourth-order valence-electron chi connectivity index (χ4n) is 2.67. The van der Waals surface area contributed by atoms with E-state index < -0.39 is 12.7 Å². The SMILES string of the molecule is CCNC(=NCc1ccc(Br)c(F)c1)NC1CCN(CC(F)(F)F)C1. The highest BCUT2D eigenvalue weighted by atomic mass is 79.9. The van der Waals surface area contributed by atoms with Gasteiger partial charge < -0.3 is 10.6 Å². The van der Waals surface area contributed by atoms with E-state index in [1.54, 1.807) is 12.1 Å². The standard InChI is InChI=1S/C16H21BrF4N4/c1-2-22-15(23-8-11-3-4-13(17)14(18)7-11)24-12-5-6-25(9-12)10-16(19,20)21/h3-4,7,12H,2,5-6,8-10H2,1H3,(H2,22,23,24). The maximum absolute atomic E-state index is 13.5. The molecule has 2 rings (SSSR count). The Balaban J connectivity index is 1.93. The van der Waals surface area contributed by atoms with Gasteiger partial charge in [0.2, 0.25) is 0 Å². The molecule has 0 radical (unpaired) electrons. The molecule has 1 aliphatic heterocycles. The molecular weight excluding hydrogens is 404 g/mol. The van der Waals surface area contributed by atoms with Crippen LogP contribution in [0.2, 0.25) is 0 Å². The van der Waals surface area contributed by atoms with E-state index in [4.69, 9.17) is 0 Å². The minimum atomic E-state index is -4.18. The topological polar surface area (TPSA) is 39.7 Å². The van der Waals surface area contributed by atoms with Crippen LogP contribution in [0.5, 0.6) is 0 Å². The Kier molecular flexibility index (Phi) is 7.06. The summed E-state index contributed by atoms with van der Waals surface area (Å²) in [5.74, 6) is 0.161. The molecule has 1 aliphatic rings. The van der Waals surface area contributed by atoms with E-state index in [2.05, 4.69) is 31.6 Å². The molecule has 0 saturated carbocycles. The summed E-state index contributed by atoms with van der Waals surface area (Å²) in [6.07, 6.45) is -3.56. The van der Waals surface area contributed by atoms with Crippen LogP contribution in [0.1, 0.15) is 18.9 Å². The molecule has 4 nitrogen and oxygen atoms in total. The minimum Gasteiger partial charge on any atom is -0.357 e. The normalized spacial score (nSPS) is 19.3. The highest BCUT2D eigenvalue weighted by Crippen LogP contribution is 2.20. The van der Waals surface area contributed by atoms with Crippen molar-refractivity contribution in [2.75, 3.05) is 26.2 Å². The Morgan fingerprint density at radius 3 is 2.80 bits per heavy atom. The van der Waals surface area contributed by atoms with Crippen LogP contribution in [0.4, 0.5) is 17.6 Å². The summed E-state index contributed by atoms with van der Waals surface area (Å²) in [6.45, 7) is 2.63. The first-order chi connectivity index (χ1) is 11.8. The Hall–Kier alpha value is -1.35. The highest BCUT2D eigenvalue weighted by Gasteiger charge is 2.34. The number of nitrogens with zero attached hydrogens (tertiary/aromatic N) is 2. The quantitative estimate of drug-likeness (QED) is 0.432. The van der Waals surface area contributed by atoms with Crippen molar-refractivity contribution in [2.24, 2.45) is 4.99 Å². The predicted octanol–water partition coefficient (Wildman–Crippen LogP) is 3.28. The van der Waals surface area contributed by atoms with Crippen LogP contribution in [0.15, 0.2) is 27.7 Å². The van der Waals surface area contributed by atoms with Crippen LogP contribution in [0.3, 0.4) is 0 Å². The predicted molar refractivity (Wildman–Crippen MR) is 93.0 cm³/mol. The smallest absolute Gasteiger partial charge is 0.357 e. The molecule has 1 aromatic carbocycles. The number of aliphatic imine (C=N–C) groups is 1. The van der Waals surface area contributed by atoms with Crippen LogP contribution < -0.4 is 10.6 Å². The summed E-state index contributed by atoms with van der Waals surface area (Å²) in [7, 11) is 0. The van der Waals surface area contributed by atoms with Crippen LogP contribution >= 0.6 is 15.9 Å². The van der Waals surface area contributed by atoms with Gasteiger partial charge in [-0.15, -0.1) is 0 Å². The molecule has 9 heteroatoms. The zero-order valence-electron chi connectivity index (χ0n) is 13.8. The molecule has 140 valence electrons. The summed E-state index contributed by atoms with van der Waals surface area (Å²) in [4.78, 5) is 5.77. The Morgan fingerprint density at radius 1 is 1.40 bits per heavy atom. The van der Waals surface area contributed by atoms with E-state index in [0.717, 1.165) is 0 Å². The molecule has 0 amide bonds. The molecule has 1 saturated heterocycles. The van der Waals surface area contributed by atoms with Crippen molar-refractivity contribution >= 4 is 21.9 Å². The second kappa shape index (κ2) is 8.84.